The highest BCUT2D eigenvalue weighted by Gasteiger charge is 2.18. The fourth-order valence-corrected chi connectivity index (χ4v) is 1.20. The largest absolute Gasteiger partial charge is 0.404 e. The Labute approximate surface area is 95.8 Å². The number of likely N-dealkylation sites (N-methyl/N-ethyl adjacent to an activating group) is 1. The maximum absolute atomic E-state index is 11.4. The van der Waals surface area contributed by atoms with E-state index in [2.05, 4.69) is 15.9 Å². The SMILES string of the molecule is C[B]NC(=O)CC[C@H](NC(C)=O)C(=O)NC. The van der Waals surface area contributed by atoms with Crippen LogP contribution in [0.3, 0.4) is 0 Å². The second-order valence-electron chi connectivity index (χ2n) is 3.26. The summed E-state index contributed by atoms with van der Waals surface area (Å²) >= 11 is 0. The maximum Gasteiger partial charge on any atom is 0.242 e. The van der Waals surface area contributed by atoms with Gasteiger partial charge in [-0.1, -0.05) is 6.82 Å². The molecule has 1 radical (unpaired) electrons. The van der Waals surface area contributed by atoms with E-state index in [0.717, 1.165) is 0 Å². The van der Waals surface area contributed by atoms with E-state index < -0.39 is 6.04 Å². The van der Waals surface area contributed by atoms with Crippen LogP contribution >= 0.6 is 0 Å². The molecule has 0 aromatic carbocycles. The van der Waals surface area contributed by atoms with E-state index in [1.54, 1.807) is 6.82 Å². The molecule has 0 aromatic rings. The summed E-state index contributed by atoms with van der Waals surface area (Å²) in [5, 5.41) is 7.42. The van der Waals surface area contributed by atoms with E-state index >= 15 is 0 Å². The van der Waals surface area contributed by atoms with Crippen LogP contribution in [0.2, 0.25) is 6.82 Å². The molecule has 7 heteroatoms. The highest BCUT2D eigenvalue weighted by atomic mass is 16.2. The molecule has 16 heavy (non-hydrogen) atoms. The summed E-state index contributed by atoms with van der Waals surface area (Å²) in [6.07, 6.45) is 0.460. The summed E-state index contributed by atoms with van der Waals surface area (Å²) in [5.74, 6) is -0.777. The van der Waals surface area contributed by atoms with Crippen LogP contribution in [-0.2, 0) is 14.4 Å². The van der Waals surface area contributed by atoms with Gasteiger partial charge in [0, 0.05) is 20.4 Å². The van der Waals surface area contributed by atoms with Crippen LogP contribution in [0.5, 0.6) is 0 Å². The van der Waals surface area contributed by atoms with E-state index in [0.29, 0.717) is 0 Å². The lowest BCUT2D eigenvalue weighted by Crippen LogP contribution is -2.45. The van der Waals surface area contributed by atoms with Crippen LogP contribution in [0.15, 0.2) is 0 Å². The number of carbonyl (C=O) groups is 3. The topological polar surface area (TPSA) is 87.3 Å². The van der Waals surface area contributed by atoms with Gasteiger partial charge in [0.25, 0.3) is 0 Å². The van der Waals surface area contributed by atoms with E-state index in [1.807, 2.05) is 0 Å². The van der Waals surface area contributed by atoms with Gasteiger partial charge in [-0.2, -0.15) is 0 Å². The molecule has 0 spiro atoms. The van der Waals surface area contributed by atoms with Crippen LogP contribution in [0.1, 0.15) is 19.8 Å². The van der Waals surface area contributed by atoms with Crippen LogP contribution in [0, 0.1) is 0 Å². The molecule has 6 nitrogen and oxygen atoms in total. The molecule has 0 aromatic heterocycles. The van der Waals surface area contributed by atoms with E-state index in [9.17, 15) is 14.4 Å². The molecule has 0 saturated heterocycles. The molecular weight excluding hydrogens is 209 g/mol. The highest BCUT2D eigenvalue weighted by molar-refractivity contribution is 6.35. The average Bonchev–Trinajstić information content (AvgIpc) is 2.23. The van der Waals surface area contributed by atoms with Gasteiger partial charge in [-0.05, 0) is 6.42 Å². The summed E-state index contributed by atoms with van der Waals surface area (Å²) in [5.41, 5.74) is 0. The van der Waals surface area contributed by atoms with Crippen molar-refractivity contribution in [1.29, 1.82) is 0 Å². The quantitative estimate of drug-likeness (QED) is 0.497. The fourth-order valence-electron chi connectivity index (χ4n) is 1.20. The first-order valence-corrected chi connectivity index (χ1v) is 5.07. The van der Waals surface area contributed by atoms with Gasteiger partial charge in [0.05, 0.1) is 0 Å². The molecule has 0 saturated carbocycles. The minimum Gasteiger partial charge on any atom is -0.404 e. The lowest BCUT2D eigenvalue weighted by atomic mass is 9.99. The second-order valence-corrected chi connectivity index (χ2v) is 3.26. The van der Waals surface area contributed by atoms with E-state index in [-0.39, 0.29) is 30.6 Å². The Hall–Kier alpha value is -1.53. The molecule has 0 aliphatic heterocycles. The van der Waals surface area contributed by atoms with Gasteiger partial charge >= 0.3 is 0 Å². The lowest BCUT2D eigenvalue weighted by Gasteiger charge is -2.15. The van der Waals surface area contributed by atoms with Gasteiger partial charge in [0.15, 0.2) is 0 Å². The minimum absolute atomic E-state index is 0.179. The van der Waals surface area contributed by atoms with Crippen LogP contribution in [-0.4, -0.2) is 38.2 Å². The molecule has 0 rings (SSSR count). The molecule has 3 amide bonds. The molecule has 89 valence electrons. The zero-order chi connectivity index (χ0) is 12.6. The minimum atomic E-state index is -0.662. The number of amides is 3. The van der Waals surface area contributed by atoms with Gasteiger partial charge in [-0.3, -0.25) is 14.4 Å². The highest BCUT2D eigenvalue weighted by Crippen LogP contribution is 1.97. The molecule has 0 unspecified atom stereocenters. The number of hydrogen-bond acceptors (Lipinski definition) is 3. The monoisotopic (exact) mass is 226 g/mol. The third kappa shape index (κ3) is 6.05. The van der Waals surface area contributed by atoms with E-state index in [1.165, 1.54) is 21.4 Å². The zero-order valence-electron chi connectivity index (χ0n) is 9.79. The number of hydrogen-bond donors (Lipinski definition) is 3. The third-order valence-corrected chi connectivity index (χ3v) is 1.91. The third-order valence-electron chi connectivity index (χ3n) is 1.91. The van der Waals surface area contributed by atoms with Gasteiger partial charge < -0.3 is 15.9 Å². The Morgan fingerprint density at radius 2 is 1.94 bits per heavy atom. The standard InChI is InChI=1S/C9H17BN3O3/c1-6(14)12-7(9(16)11-3)4-5-8(15)13-10-2/h7H,4-5H2,1-3H3,(H,11,16)(H,12,14)(H,13,15)/t7-/m0/s1. The summed E-state index contributed by atoms with van der Waals surface area (Å²) < 4.78 is 0. The van der Waals surface area contributed by atoms with Crippen molar-refractivity contribution in [2.75, 3.05) is 7.05 Å². The second kappa shape index (κ2) is 7.73. The van der Waals surface area contributed by atoms with Crippen molar-refractivity contribution in [2.24, 2.45) is 0 Å². The molecule has 0 fully saturated rings. The van der Waals surface area contributed by atoms with Crippen LogP contribution < -0.4 is 15.9 Å². The van der Waals surface area contributed by atoms with Crippen molar-refractivity contribution in [3.8, 4) is 0 Å². The van der Waals surface area contributed by atoms with Crippen LogP contribution in [0.4, 0.5) is 0 Å². The predicted octanol–water partition coefficient (Wildman–Crippen LogP) is -1.20. The Morgan fingerprint density at radius 1 is 1.31 bits per heavy atom. The predicted molar refractivity (Wildman–Crippen MR) is 60.7 cm³/mol. The van der Waals surface area contributed by atoms with Crippen molar-refractivity contribution in [3.05, 3.63) is 0 Å². The molecule has 1 atom stereocenters. The summed E-state index contributed by atoms with van der Waals surface area (Å²) in [6.45, 7) is 3.03. The van der Waals surface area contributed by atoms with Gasteiger partial charge in [-0.25, -0.2) is 0 Å². The normalized spacial score (nSPS) is 11.2. The van der Waals surface area contributed by atoms with Crippen molar-refractivity contribution < 1.29 is 14.4 Å². The number of nitrogens with one attached hydrogen (secondary N) is 3. The summed E-state index contributed by atoms with van der Waals surface area (Å²) in [4.78, 5) is 33.4. The fraction of sp³-hybridized carbons (Fsp3) is 0.667. The van der Waals surface area contributed by atoms with Crippen molar-refractivity contribution in [2.45, 2.75) is 32.6 Å². The Kier molecular flexibility index (Phi) is 6.99. The first-order chi connectivity index (χ1) is 7.51. The molecule has 0 aliphatic rings. The molecular formula is C9H17BN3O3. The van der Waals surface area contributed by atoms with Crippen molar-refractivity contribution >= 4 is 25.1 Å². The summed E-state index contributed by atoms with van der Waals surface area (Å²) in [6, 6.07) is -0.662. The Morgan fingerprint density at radius 3 is 2.38 bits per heavy atom. The van der Waals surface area contributed by atoms with E-state index in [4.69, 9.17) is 0 Å². The first-order valence-electron chi connectivity index (χ1n) is 5.07. The molecule has 0 bridgehead atoms. The molecule has 0 heterocycles. The Balaban J connectivity index is 4.16. The van der Waals surface area contributed by atoms with Gasteiger partial charge in [0.2, 0.25) is 25.1 Å². The van der Waals surface area contributed by atoms with Crippen molar-refractivity contribution in [1.82, 2.24) is 15.9 Å². The maximum atomic E-state index is 11.4. The summed E-state index contributed by atoms with van der Waals surface area (Å²) in [7, 11) is 3.01. The lowest BCUT2D eigenvalue weighted by molar-refractivity contribution is -0.128. The van der Waals surface area contributed by atoms with Crippen LogP contribution in [0.25, 0.3) is 0 Å². The number of rotatable bonds is 6. The molecule has 3 N–H and O–H groups in total. The number of carbonyl (C=O) groups excluding carboxylic acids is 3. The van der Waals surface area contributed by atoms with Gasteiger partial charge in [-0.15, -0.1) is 0 Å². The molecule has 0 aliphatic carbocycles. The zero-order valence-corrected chi connectivity index (χ0v) is 9.79. The van der Waals surface area contributed by atoms with Gasteiger partial charge in [0.1, 0.15) is 6.04 Å². The average molecular weight is 226 g/mol. The van der Waals surface area contributed by atoms with Crippen molar-refractivity contribution in [3.63, 3.8) is 0 Å². The Bertz CT molecular complexity index is 271. The smallest absolute Gasteiger partial charge is 0.242 e. The first kappa shape index (κ1) is 14.5.